The Morgan fingerprint density at radius 2 is 1.93 bits per heavy atom. The molecular weight excluding hydrogens is 386 g/mol. The monoisotopic (exact) mass is 407 g/mol. The molecule has 1 aliphatic rings. The fourth-order valence-corrected chi connectivity index (χ4v) is 4.02. The van der Waals surface area contributed by atoms with E-state index >= 15 is 0 Å². The van der Waals surface area contributed by atoms with Gasteiger partial charge in [-0.15, -0.1) is 0 Å². The van der Waals surface area contributed by atoms with Crippen LogP contribution in [0.15, 0.2) is 59.5 Å². The average Bonchev–Trinajstić information content (AvgIpc) is 3.03. The summed E-state index contributed by atoms with van der Waals surface area (Å²) in [6.07, 6.45) is 2.54. The summed E-state index contributed by atoms with van der Waals surface area (Å²) in [5.41, 5.74) is 5.49. The molecule has 0 fully saturated rings. The maximum absolute atomic E-state index is 12.3. The van der Waals surface area contributed by atoms with Crippen LogP contribution in [0.4, 0.5) is 11.4 Å². The maximum atomic E-state index is 12.3. The largest absolute Gasteiger partial charge is 0.381 e. The quantitative estimate of drug-likeness (QED) is 0.664. The standard InChI is InChI=1S/C23H22ClN3O2/c1-14-9-17-11-21(7-8-22(17)27(14)15(2)28)25-13-19-10-18(12-26-23(19)29)16-3-5-20(24)6-4-16/h3-8,10-12,14,25H,9,13H2,1-2H3,(H,26,29). The van der Waals surface area contributed by atoms with Crippen LogP contribution in [-0.4, -0.2) is 16.9 Å². The lowest BCUT2D eigenvalue weighted by atomic mass is 10.1. The Labute approximate surface area is 174 Å². The molecule has 1 unspecified atom stereocenters. The van der Waals surface area contributed by atoms with Crippen molar-refractivity contribution in [3.63, 3.8) is 0 Å². The molecule has 0 saturated carbocycles. The predicted octanol–water partition coefficient (Wildman–Crippen LogP) is 4.60. The molecule has 2 aromatic carbocycles. The van der Waals surface area contributed by atoms with E-state index in [1.165, 1.54) is 0 Å². The minimum atomic E-state index is -0.118. The summed E-state index contributed by atoms with van der Waals surface area (Å²) in [6, 6.07) is 15.5. The van der Waals surface area contributed by atoms with Crippen LogP contribution in [-0.2, 0) is 17.8 Å². The van der Waals surface area contributed by atoms with Crippen molar-refractivity contribution in [2.24, 2.45) is 0 Å². The molecule has 0 aliphatic carbocycles. The number of nitrogens with one attached hydrogen (secondary N) is 2. The van der Waals surface area contributed by atoms with Gasteiger partial charge in [-0.3, -0.25) is 9.59 Å². The first kappa shape index (κ1) is 19.3. The zero-order valence-corrected chi connectivity index (χ0v) is 17.1. The van der Waals surface area contributed by atoms with E-state index in [9.17, 15) is 9.59 Å². The molecule has 1 atom stereocenters. The van der Waals surface area contributed by atoms with Gasteiger partial charge in [-0.05, 0) is 66.4 Å². The van der Waals surface area contributed by atoms with Crippen molar-refractivity contribution in [2.45, 2.75) is 32.9 Å². The molecule has 148 valence electrons. The van der Waals surface area contributed by atoms with E-state index in [1.54, 1.807) is 13.1 Å². The highest BCUT2D eigenvalue weighted by molar-refractivity contribution is 6.30. The highest BCUT2D eigenvalue weighted by atomic mass is 35.5. The lowest BCUT2D eigenvalue weighted by Gasteiger charge is -2.20. The van der Waals surface area contributed by atoms with Crippen LogP contribution in [0.3, 0.4) is 0 Å². The topological polar surface area (TPSA) is 65.2 Å². The zero-order chi connectivity index (χ0) is 20.5. The van der Waals surface area contributed by atoms with Gasteiger partial charge >= 0.3 is 0 Å². The first-order valence-electron chi connectivity index (χ1n) is 9.56. The molecule has 1 aliphatic heterocycles. The highest BCUT2D eigenvalue weighted by Crippen LogP contribution is 2.34. The van der Waals surface area contributed by atoms with E-state index in [2.05, 4.69) is 23.3 Å². The third-order valence-electron chi connectivity index (χ3n) is 5.28. The van der Waals surface area contributed by atoms with Crippen LogP contribution in [0.25, 0.3) is 11.1 Å². The van der Waals surface area contributed by atoms with E-state index in [0.29, 0.717) is 17.1 Å². The second-order valence-corrected chi connectivity index (χ2v) is 7.83. The van der Waals surface area contributed by atoms with E-state index < -0.39 is 0 Å². The molecule has 0 bridgehead atoms. The molecule has 0 spiro atoms. The summed E-state index contributed by atoms with van der Waals surface area (Å²) in [7, 11) is 0. The summed E-state index contributed by atoms with van der Waals surface area (Å²) >= 11 is 5.96. The number of pyridine rings is 1. The van der Waals surface area contributed by atoms with E-state index in [4.69, 9.17) is 11.6 Å². The van der Waals surface area contributed by atoms with Crippen LogP contribution in [0.2, 0.25) is 5.02 Å². The van der Waals surface area contributed by atoms with Gasteiger partial charge in [-0.25, -0.2) is 0 Å². The van der Waals surface area contributed by atoms with Gasteiger partial charge in [-0.1, -0.05) is 23.7 Å². The van der Waals surface area contributed by atoms with Crippen molar-refractivity contribution in [1.82, 2.24) is 4.98 Å². The van der Waals surface area contributed by atoms with Gasteiger partial charge in [0.2, 0.25) is 5.91 Å². The molecular formula is C23H22ClN3O2. The van der Waals surface area contributed by atoms with Crippen molar-refractivity contribution in [1.29, 1.82) is 0 Å². The van der Waals surface area contributed by atoms with Gasteiger partial charge in [-0.2, -0.15) is 0 Å². The lowest BCUT2D eigenvalue weighted by molar-refractivity contribution is -0.116. The fourth-order valence-electron chi connectivity index (χ4n) is 3.89. The molecule has 0 saturated heterocycles. The number of carbonyl (C=O) groups excluding carboxylic acids is 1. The van der Waals surface area contributed by atoms with E-state index in [-0.39, 0.29) is 17.5 Å². The van der Waals surface area contributed by atoms with Crippen molar-refractivity contribution in [3.05, 3.63) is 81.2 Å². The first-order chi connectivity index (χ1) is 13.9. The number of hydrogen-bond acceptors (Lipinski definition) is 3. The van der Waals surface area contributed by atoms with Crippen LogP contribution >= 0.6 is 11.6 Å². The SMILES string of the molecule is CC(=O)N1c2ccc(NCc3cc(-c4ccc(Cl)cc4)c[nH]c3=O)cc2CC1C. The molecule has 1 aromatic heterocycles. The number of benzene rings is 2. The third-order valence-corrected chi connectivity index (χ3v) is 5.53. The number of anilines is 2. The van der Waals surface area contributed by atoms with Crippen molar-refractivity contribution in [3.8, 4) is 11.1 Å². The van der Waals surface area contributed by atoms with Gasteiger partial charge < -0.3 is 15.2 Å². The van der Waals surface area contributed by atoms with Crippen molar-refractivity contribution < 1.29 is 4.79 Å². The molecule has 6 heteroatoms. The van der Waals surface area contributed by atoms with Gasteiger partial charge in [0.25, 0.3) is 5.56 Å². The highest BCUT2D eigenvalue weighted by Gasteiger charge is 2.28. The van der Waals surface area contributed by atoms with E-state index in [0.717, 1.165) is 34.5 Å². The normalized spacial score (nSPS) is 15.3. The number of hydrogen-bond donors (Lipinski definition) is 2. The summed E-state index contributed by atoms with van der Waals surface area (Å²) in [6.45, 7) is 4.05. The van der Waals surface area contributed by atoms with Crippen molar-refractivity contribution >= 4 is 28.9 Å². The molecule has 5 nitrogen and oxygen atoms in total. The summed E-state index contributed by atoms with van der Waals surface area (Å²) < 4.78 is 0. The molecule has 3 aromatic rings. The van der Waals surface area contributed by atoms with Gasteiger partial charge in [0.05, 0.1) is 0 Å². The van der Waals surface area contributed by atoms with Crippen molar-refractivity contribution in [2.75, 3.05) is 10.2 Å². The minimum absolute atomic E-state index is 0.0579. The molecule has 0 radical (unpaired) electrons. The number of aromatic amines is 1. The van der Waals surface area contributed by atoms with Crippen LogP contribution in [0, 0.1) is 0 Å². The summed E-state index contributed by atoms with van der Waals surface area (Å²) in [5.74, 6) is 0.0579. The molecule has 4 rings (SSSR count). The number of aromatic nitrogens is 1. The number of fused-ring (bicyclic) bond motifs is 1. The molecule has 2 N–H and O–H groups in total. The molecule has 29 heavy (non-hydrogen) atoms. The fraction of sp³-hybridized carbons (Fsp3) is 0.217. The summed E-state index contributed by atoms with van der Waals surface area (Å²) in [4.78, 5) is 28.8. The van der Waals surface area contributed by atoms with Crippen LogP contribution in [0.5, 0.6) is 0 Å². The number of H-pyrrole nitrogens is 1. The Bertz CT molecular complexity index is 1120. The first-order valence-corrected chi connectivity index (χ1v) is 9.94. The number of rotatable bonds is 4. The van der Waals surface area contributed by atoms with E-state index in [1.807, 2.05) is 47.4 Å². The summed E-state index contributed by atoms with van der Waals surface area (Å²) in [5, 5.41) is 4.01. The second kappa shape index (κ2) is 7.76. The molecule has 1 amide bonds. The minimum Gasteiger partial charge on any atom is -0.381 e. The Morgan fingerprint density at radius 3 is 2.66 bits per heavy atom. The molecule has 2 heterocycles. The van der Waals surface area contributed by atoms with Crippen LogP contribution in [0.1, 0.15) is 25.0 Å². The number of carbonyl (C=O) groups is 1. The predicted molar refractivity (Wildman–Crippen MR) is 118 cm³/mol. The number of nitrogens with zero attached hydrogens (tertiary/aromatic N) is 1. The maximum Gasteiger partial charge on any atom is 0.252 e. The number of halogens is 1. The van der Waals surface area contributed by atoms with Gasteiger partial charge in [0.1, 0.15) is 0 Å². The third kappa shape index (κ3) is 3.91. The zero-order valence-electron chi connectivity index (χ0n) is 16.3. The Balaban J connectivity index is 1.53. The van der Waals surface area contributed by atoms with Gasteiger partial charge in [0.15, 0.2) is 0 Å². The lowest BCUT2D eigenvalue weighted by Crippen LogP contribution is -2.33. The Hall–Kier alpha value is -3.05. The van der Waals surface area contributed by atoms with Gasteiger partial charge in [0, 0.05) is 47.7 Å². The average molecular weight is 408 g/mol. The Morgan fingerprint density at radius 1 is 1.17 bits per heavy atom. The number of amides is 1. The Kier molecular flexibility index (Phi) is 5.16. The second-order valence-electron chi connectivity index (χ2n) is 7.39. The van der Waals surface area contributed by atoms with Crippen LogP contribution < -0.4 is 15.8 Å². The smallest absolute Gasteiger partial charge is 0.252 e.